The Balaban J connectivity index is 1.45. The predicted octanol–water partition coefficient (Wildman–Crippen LogP) is 4.61. The molecule has 14 heteroatoms. The zero-order valence-electron chi connectivity index (χ0n) is 24.4. The van der Waals surface area contributed by atoms with Gasteiger partial charge in [-0.1, -0.05) is 13.0 Å². The highest BCUT2D eigenvalue weighted by molar-refractivity contribution is 5.91. The van der Waals surface area contributed by atoms with Gasteiger partial charge in [0.2, 0.25) is 0 Å². The van der Waals surface area contributed by atoms with Crippen LogP contribution in [0.5, 0.6) is 0 Å². The third-order valence-corrected chi connectivity index (χ3v) is 7.53. The number of nitrogens with two attached hydrogens (primary N) is 1. The number of hydrogen-bond donors (Lipinski definition) is 3. The van der Waals surface area contributed by atoms with Crippen molar-refractivity contribution in [3.63, 3.8) is 0 Å². The van der Waals surface area contributed by atoms with Gasteiger partial charge in [0.15, 0.2) is 5.82 Å². The number of allylic oxidation sites excluding steroid dienone is 4. The van der Waals surface area contributed by atoms with Crippen molar-refractivity contribution in [2.45, 2.75) is 58.7 Å². The number of rotatable bonds is 7. The number of anilines is 2. The van der Waals surface area contributed by atoms with Gasteiger partial charge in [0, 0.05) is 49.8 Å². The average molecular weight is 601 g/mol. The lowest BCUT2D eigenvalue weighted by molar-refractivity contribution is -0.137. The van der Waals surface area contributed by atoms with Crippen LogP contribution < -0.4 is 16.4 Å². The molecule has 4 heterocycles. The van der Waals surface area contributed by atoms with Crippen LogP contribution in [0.4, 0.5) is 29.6 Å². The van der Waals surface area contributed by atoms with E-state index in [1.807, 2.05) is 17.5 Å². The molecular weight excluding hydrogens is 565 g/mol. The second-order valence-electron chi connectivity index (χ2n) is 11.0. The van der Waals surface area contributed by atoms with E-state index in [-0.39, 0.29) is 23.9 Å². The maximum atomic E-state index is 13.0. The lowest BCUT2D eigenvalue weighted by atomic mass is 9.85. The molecule has 43 heavy (non-hydrogen) atoms. The van der Waals surface area contributed by atoms with Crippen molar-refractivity contribution in [2.75, 3.05) is 31.2 Å². The molecule has 0 spiro atoms. The fourth-order valence-corrected chi connectivity index (χ4v) is 5.87. The van der Waals surface area contributed by atoms with Crippen molar-refractivity contribution < 1.29 is 27.4 Å². The topological polar surface area (TPSA) is 132 Å². The van der Waals surface area contributed by atoms with E-state index in [1.165, 1.54) is 6.33 Å². The Morgan fingerprint density at radius 3 is 2.58 bits per heavy atom. The van der Waals surface area contributed by atoms with Crippen molar-refractivity contribution >= 4 is 28.8 Å². The summed E-state index contributed by atoms with van der Waals surface area (Å²) in [6, 6.07) is 0.938. The Bertz CT molecular complexity index is 1560. The van der Waals surface area contributed by atoms with Gasteiger partial charge in [0.1, 0.15) is 17.7 Å². The molecule has 1 saturated heterocycles. The third-order valence-electron chi connectivity index (χ3n) is 7.53. The average Bonchev–Trinajstić information content (AvgIpc) is 3.22. The molecule has 1 aliphatic carbocycles. The standard InChI is InChI=1S/C29H35F3N8O3/c1-16-9-20(37-28(41)38-24-10-19(7-8-34-24)29(30,31)32)5-6-21(16)25-22(14-42-4)23(40-26(25)27(33)35-15-36-40)13-39-11-17(2)43-18(3)12-39/h5-8,10,15-18H,9,11-14H2,1-4H3,(H2,33,35,36)(H2,34,37,38,41)/t16?,17-,18+. The van der Waals surface area contributed by atoms with Crippen LogP contribution >= 0.6 is 0 Å². The van der Waals surface area contributed by atoms with E-state index in [9.17, 15) is 18.0 Å². The van der Waals surface area contributed by atoms with Crippen LogP contribution in [0.15, 0.2) is 42.5 Å². The largest absolute Gasteiger partial charge is 0.416 e. The summed E-state index contributed by atoms with van der Waals surface area (Å²) < 4.78 is 52.6. The Hall–Kier alpha value is -4.01. The highest BCUT2D eigenvalue weighted by Crippen LogP contribution is 2.40. The number of hydrogen-bond acceptors (Lipinski definition) is 8. The van der Waals surface area contributed by atoms with E-state index in [0.29, 0.717) is 36.6 Å². The van der Waals surface area contributed by atoms with Gasteiger partial charge < -0.3 is 20.5 Å². The van der Waals surface area contributed by atoms with E-state index in [4.69, 9.17) is 15.2 Å². The molecule has 0 bridgehead atoms. The number of nitrogens with zero attached hydrogens (tertiary/aromatic N) is 5. The Labute approximate surface area is 246 Å². The van der Waals surface area contributed by atoms with Crippen molar-refractivity contribution in [1.29, 1.82) is 0 Å². The second-order valence-corrected chi connectivity index (χ2v) is 11.0. The number of methoxy groups -OCH3 is 1. The van der Waals surface area contributed by atoms with Crippen LogP contribution in [0.2, 0.25) is 0 Å². The van der Waals surface area contributed by atoms with E-state index >= 15 is 0 Å². The molecule has 3 atom stereocenters. The highest BCUT2D eigenvalue weighted by atomic mass is 19.4. The molecule has 0 aromatic carbocycles. The number of amides is 2. The van der Waals surface area contributed by atoms with Crippen LogP contribution in [-0.2, 0) is 28.8 Å². The number of nitrogens with one attached hydrogen (secondary N) is 2. The summed E-state index contributed by atoms with van der Waals surface area (Å²) in [5.41, 5.74) is 10.6. The molecule has 1 unspecified atom stereocenters. The minimum Gasteiger partial charge on any atom is -0.382 e. The Morgan fingerprint density at radius 2 is 1.91 bits per heavy atom. The molecule has 5 rings (SSSR count). The van der Waals surface area contributed by atoms with E-state index in [1.54, 1.807) is 13.2 Å². The monoisotopic (exact) mass is 600 g/mol. The molecule has 1 aliphatic heterocycles. The van der Waals surface area contributed by atoms with Crippen LogP contribution in [0, 0.1) is 5.92 Å². The number of carbonyl (C=O) groups excluding carboxylic acids is 1. The number of carbonyl (C=O) groups is 1. The lowest BCUT2D eigenvalue weighted by Crippen LogP contribution is -2.45. The summed E-state index contributed by atoms with van der Waals surface area (Å²) >= 11 is 0. The Kier molecular flexibility index (Phi) is 8.71. The predicted molar refractivity (Wildman–Crippen MR) is 155 cm³/mol. The first-order chi connectivity index (χ1) is 20.4. The second kappa shape index (κ2) is 12.3. The number of morpholine rings is 1. The van der Waals surface area contributed by atoms with Gasteiger partial charge in [-0.25, -0.2) is 19.3 Å². The zero-order valence-corrected chi connectivity index (χ0v) is 24.4. The van der Waals surface area contributed by atoms with E-state index in [2.05, 4.69) is 44.4 Å². The normalized spacial score (nSPS) is 21.4. The van der Waals surface area contributed by atoms with Crippen molar-refractivity contribution in [3.8, 4) is 0 Å². The van der Waals surface area contributed by atoms with Gasteiger partial charge in [-0.2, -0.15) is 18.3 Å². The molecule has 0 saturated carbocycles. The van der Waals surface area contributed by atoms with Gasteiger partial charge in [-0.3, -0.25) is 10.2 Å². The van der Waals surface area contributed by atoms with Crippen LogP contribution in [-0.4, -0.2) is 62.9 Å². The fraction of sp³-hybridized carbons (Fsp3) is 0.448. The number of alkyl halides is 3. The summed E-state index contributed by atoms with van der Waals surface area (Å²) in [4.78, 5) is 23.1. The number of pyridine rings is 1. The number of halogens is 3. The van der Waals surface area contributed by atoms with E-state index < -0.39 is 17.8 Å². The SMILES string of the molecule is COCc1c(C2=CC=C(NC(=O)Nc3cc(C(F)(F)F)ccn3)CC2C)c2c(N)ncnn2c1CN1C[C@@H](C)O[C@@H](C)C1. The molecular formula is C29H35F3N8O3. The van der Waals surface area contributed by atoms with Gasteiger partial charge in [0.25, 0.3) is 0 Å². The van der Waals surface area contributed by atoms with Gasteiger partial charge in [-0.15, -0.1) is 0 Å². The molecule has 3 aromatic heterocycles. The highest BCUT2D eigenvalue weighted by Gasteiger charge is 2.32. The number of aromatic nitrogens is 4. The van der Waals surface area contributed by atoms with Crippen LogP contribution in [0.1, 0.15) is 49.6 Å². The molecule has 3 aromatic rings. The van der Waals surface area contributed by atoms with Gasteiger partial charge >= 0.3 is 12.2 Å². The number of fused-ring (bicyclic) bond motifs is 1. The molecule has 230 valence electrons. The summed E-state index contributed by atoms with van der Waals surface area (Å²) in [5, 5.41) is 9.68. The first-order valence-corrected chi connectivity index (χ1v) is 14.0. The molecule has 1 fully saturated rings. The Morgan fingerprint density at radius 1 is 1.16 bits per heavy atom. The summed E-state index contributed by atoms with van der Waals surface area (Å²) in [7, 11) is 1.64. The van der Waals surface area contributed by atoms with Crippen molar-refractivity contribution in [3.05, 3.63) is 64.9 Å². The van der Waals surface area contributed by atoms with Crippen molar-refractivity contribution in [1.82, 2.24) is 29.8 Å². The first kappa shape index (κ1) is 30.4. The maximum absolute atomic E-state index is 13.0. The summed E-state index contributed by atoms with van der Waals surface area (Å²) in [6.07, 6.45) is 2.23. The molecule has 4 N–H and O–H groups in total. The van der Waals surface area contributed by atoms with Gasteiger partial charge in [-0.05, 0) is 50.0 Å². The number of urea groups is 1. The number of nitrogen functional groups attached to an aromatic ring is 1. The fourth-order valence-electron chi connectivity index (χ4n) is 5.87. The summed E-state index contributed by atoms with van der Waals surface area (Å²) in [5.74, 6) is 0.0699. The maximum Gasteiger partial charge on any atom is 0.416 e. The molecule has 0 radical (unpaired) electrons. The summed E-state index contributed by atoms with van der Waals surface area (Å²) in [6.45, 7) is 8.63. The van der Waals surface area contributed by atoms with E-state index in [0.717, 1.165) is 53.8 Å². The molecule has 2 amide bonds. The quantitative estimate of drug-likeness (QED) is 0.358. The zero-order chi connectivity index (χ0) is 30.9. The molecule has 11 nitrogen and oxygen atoms in total. The molecule has 2 aliphatic rings. The van der Waals surface area contributed by atoms with Crippen molar-refractivity contribution in [2.24, 2.45) is 5.92 Å². The first-order valence-electron chi connectivity index (χ1n) is 14.0. The smallest absolute Gasteiger partial charge is 0.382 e. The lowest BCUT2D eigenvalue weighted by Gasteiger charge is -2.35. The van der Waals surface area contributed by atoms with Crippen LogP contribution in [0.25, 0.3) is 11.1 Å². The minimum atomic E-state index is -4.55. The number of ether oxygens (including phenoxy) is 2. The minimum absolute atomic E-state index is 0.0651. The van der Waals surface area contributed by atoms with Crippen LogP contribution in [0.3, 0.4) is 0 Å². The van der Waals surface area contributed by atoms with Gasteiger partial charge in [0.05, 0.1) is 30.1 Å². The third kappa shape index (κ3) is 6.65.